The Kier molecular flexibility index (Phi) is 2.44. The average Bonchev–Trinajstić information content (AvgIpc) is 2.61. The van der Waals surface area contributed by atoms with Crippen LogP contribution >= 0.6 is 0 Å². The molecular weight excluding hydrogens is 206 g/mol. The third-order valence-corrected chi connectivity index (χ3v) is 2.61. The van der Waals surface area contributed by atoms with Crippen LogP contribution in [0.3, 0.4) is 0 Å². The van der Waals surface area contributed by atoms with E-state index >= 15 is 0 Å². The van der Waals surface area contributed by atoms with Gasteiger partial charge in [0.1, 0.15) is 11.1 Å². The van der Waals surface area contributed by atoms with Gasteiger partial charge in [-0.15, -0.1) is 0 Å². The number of aliphatic carboxylic acids is 1. The van der Waals surface area contributed by atoms with Crippen LogP contribution in [0.15, 0.2) is 34.9 Å². The molecule has 0 fully saturated rings. The lowest BCUT2D eigenvalue weighted by molar-refractivity contribution is -0.142. The second-order valence-electron chi connectivity index (χ2n) is 4.16. The number of nitrogens with two attached hydrogens (primary N) is 1. The molecule has 3 N–H and O–H groups in total. The Balaban J connectivity index is 2.38. The van der Waals surface area contributed by atoms with Crippen molar-refractivity contribution in [3.05, 3.63) is 36.1 Å². The van der Waals surface area contributed by atoms with E-state index in [1.54, 1.807) is 6.26 Å². The van der Waals surface area contributed by atoms with Crippen LogP contribution in [0.4, 0.5) is 0 Å². The van der Waals surface area contributed by atoms with Gasteiger partial charge < -0.3 is 15.3 Å². The van der Waals surface area contributed by atoms with Crippen molar-refractivity contribution < 1.29 is 14.3 Å². The highest BCUT2D eigenvalue weighted by Gasteiger charge is 2.29. The second-order valence-corrected chi connectivity index (χ2v) is 4.16. The summed E-state index contributed by atoms with van der Waals surface area (Å²) >= 11 is 0. The number of benzene rings is 1. The van der Waals surface area contributed by atoms with E-state index in [-0.39, 0.29) is 6.42 Å². The zero-order valence-corrected chi connectivity index (χ0v) is 8.93. The first-order valence-corrected chi connectivity index (χ1v) is 4.98. The summed E-state index contributed by atoms with van der Waals surface area (Å²) in [6.45, 7) is 1.50. The van der Waals surface area contributed by atoms with Crippen LogP contribution in [0, 0.1) is 0 Å². The summed E-state index contributed by atoms with van der Waals surface area (Å²) in [7, 11) is 0. The first-order valence-electron chi connectivity index (χ1n) is 4.98. The number of rotatable bonds is 3. The highest BCUT2D eigenvalue weighted by molar-refractivity contribution is 5.83. The minimum absolute atomic E-state index is 0.249. The number of para-hydroxylation sites is 1. The normalized spacial score (nSPS) is 14.9. The quantitative estimate of drug-likeness (QED) is 0.824. The molecule has 4 heteroatoms. The first-order chi connectivity index (χ1) is 7.50. The van der Waals surface area contributed by atoms with Gasteiger partial charge in [-0.2, -0.15) is 0 Å². The molecule has 0 saturated heterocycles. The van der Waals surface area contributed by atoms with E-state index in [1.165, 1.54) is 6.92 Å². The van der Waals surface area contributed by atoms with Gasteiger partial charge in [-0.1, -0.05) is 18.2 Å². The molecule has 4 nitrogen and oxygen atoms in total. The minimum Gasteiger partial charge on any atom is -0.480 e. The third-order valence-electron chi connectivity index (χ3n) is 2.61. The van der Waals surface area contributed by atoms with Crippen LogP contribution in [0.25, 0.3) is 11.0 Å². The summed E-state index contributed by atoms with van der Waals surface area (Å²) in [5.74, 6) is -1.02. The molecule has 84 valence electrons. The number of fused-ring (bicyclic) bond motifs is 1. The molecule has 0 aliphatic heterocycles. The molecule has 1 aromatic heterocycles. The number of furan rings is 1. The minimum atomic E-state index is -1.27. The Morgan fingerprint density at radius 3 is 2.88 bits per heavy atom. The molecular formula is C12H13NO3. The molecule has 16 heavy (non-hydrogen) atoms. The Morgan fingerprint density at radius 1 is 1.50 bits per heavy atom. The van der Waals surface area contributed by atoms with Crippen molar-refractivity contribution in [1.82, 2.24) is 0 Å². The molecule has 2 rings (SSSR count). The van der Waals surface area contributed by atoms with Crippen LogP contribution in [0.1, 0.15) is 12.5 Å². The SMILES string of the molecule is C[C@](N)(Cc1coc2ccccc12)C(=O)O. The topological polar surface area (TPSA) is 76.5 Å². The largest absolute Gasteiger partial charge is 0.480 e. The molecule has 1 heterocycles. The van der Waals surface area contributed by atoms with Gasteiger partial charge in [-0.05, 0) is 13.0 Å². The average molecular weight is 219 g/mol. The highest BCUT2D eigenvalue weighted by atomic mass is 16.4. The van der Waals surface area contributed by atoms with Gasteiger partial charge in [0, 0.05) is 17.4 Å². The van der Waals surface area contributed by atoms with Gasteiger partial charge in [0.05, 0.1) is 6.26 Å². The van der Waals surface area contributed by atoms with Gasteiger partial charge in [0.2, 0.25) is 0 Å². The zero-order chi connectivity index (χ0) is 11.8. The Labute approximate surface area is 92.7 Å². The number of hydrogen-bond donors (Lipinski definition) is 2. The van der Waals surface area contributed by atoms with E-state index in [9.17, 15) is 4.79 Å². The molecule has 0 aliphatic carbocycles. The highest BCUT2D eigenvalue weighted by Crippen LogP contribution is 2.23. The predicted molar refractivity (Wildman–Crippen MR) is 60.1 cm³/mol. The van der Waals surface area contributed by atoms with Crippen molar-refractivity contribution in [2.24, 2.45) is 5.73 Å². The van der Waals surface area contributed by atoms with Crippen molar-refractivity contribution in [2.45, 2.75) is 18.9 Å². The molecule has 1 aromatic carbocycles. The van der Waals surface area contributed by atoms with E-state index in [1.807, 2.05) is 24.3 Å². The standard InChI is InChI=1S/C12H13NO3/c1-12(13,11(14)15)6-8-7-16-10-5-3-2-4-9(8)10/h2-5,7H,6,13H2,1H3,(H,14,15)/t12-/m0/s1. The molecule has 0 amide bonds. The molecule has 0 unspecified atom stereocenters. The van der Waals surface area contributed by atoms with Crippen molar-refractivity contribution >= 4 is 16.9 Å². The maximum absolute atomic E-state index is 10.9. The second kappa shape index (κ2) is 3.64. The van der Waals surface area contributed by atoms with Gasteiger partial charge in [-0.25, -0.2) is 0 Å². The summed E-state index contributed by atoms with van der Waals surface area (Å²) in [4.78, 5) is 10.9. The molecule has 2 aromatic rings. The van der Waals surface area contributed by atoms with Crippen LogP contribution in [0.2, 0.25) is 0 Å². The lowest BCUT2D eigenvalue weighted by Crippen LogP contribution is -2.46. The third kappa shape index (κ3) is 1.79. The van der Waals surface area contributed by atoms with E-state index in [2.05, 4.69) is 0 Å². The number of hydrogen-bond acceptors (Lipinski definition) is 3. The molecule has 0 bridgehead atoms. The predicted octanol–water partition coefficient (Wildman–Crippen LogP) is 1.78. The maximum Gasteiger partial charge on any atom is 0.323 e. The fourth-order valence-corrected chi connectivity index (χ4v) is 1.64. The summed E-state index contributed by atoms with van der Waals surface area (Å²) in [6.07, 6.45) is 1.82. The molecule has 0 spiro atoms. The first kappa shape index (κ1) is 10.7. The van der Waals surface area contributed by atoms with Gasteiger partial charge in [0.25, 0.3) is 0 Å². The van der Waals surface area contributed by atoms with Gasteiger partial charge >= 0.3 is 5.97 Å². The Hall–Kier alpha value is -1.81. The molecule has 0 aliphatic rings. The van der Waals surface area contributed by atoms with Gasteiger partial charge in [0.15, 0.2) is 0 Å². The lowest BCUT2D eigenvalue weighted by Gasteiger charge is -2.17. The van der Waals surface area contributed by atoms with Crippen LogP contribution in [-0.4, -0.2) is 16.6 Å². The van der Waals surface area contributed by atoms with E-state index in [0.29, 0.717) is 0 Å². The maximum atomic E-state index is 10.9. The fourth-order valence-electron chi connectivity index (χ4n) is 1.64. The Bertz CT molecular complexity index is 528. The van der Waals surface area contributed by atoms with Crippen molar-refractivity contribution in [3.63, 3.8) is 0 Å². The molecule has 0 radical (unpaired) electrons. The zero-order valence-electron chi connectivity index (χ0n) is 8.93. The summed E-state index contributed by atoms with van der Waals surface area (Å²) < 4.78 is 5.33. The van der Waals surface area contributed by atoms with Crippen LogP contribution < -0.4 is 5.73 Å². The number of carboxylic acids is 1. The fraction of sp³-hybridized carbons (Fsp3) is 0.250. The van der Waals surface area contributed by atoms with Crippen molar-refractivity contribution in [1.29, 1.82) is 0 Å². The van der Waals surface area contributed by atoms with Gasteiger partial charge in [-0.3, -0.25) is 4.79 Å². The summed E-state index contributed by atoms with van der Waals surface area (Å²) in [5, 5.41) is 9.87. The Morgan fingerprint density at radius 2 is 2.19 bits per heavy atom. The van der Waals surface area contributed by atoms with E-state index in [0.717, 1.165) is 16.5 Å². The summed E-state index contributed by atoms with van der Waals surface area (Å²) in [6, 6.07) is 7.49. The monoisotopic (exact) mass is 219 g/mol. The number of carbonyl (C=O) groups is 1. The lowest BCUT2D eigenvalue weighted by atomic mass is 9.94. The smallest absolute Gasteiger partial charge is 0.323 e. The number of carboxylic acid groups (broad SMARTS) is 1. The van der Waals surface area contributed by atoms with Crippen LogP contribution in [0.5, 0.6) is 0 Å². The van der Waals surface area contributed by atoms with Crippen molar-refractivity contribution in [2.75, 3.05) is 0 Å². The van der Waals surface area contributed by atoms with E-state index in [4.69, 9.17) is 15.3 Å². The summed E-state index contributed by atoms with van der Waals surface area (Å²) in [5.41, 5.74) is 6.00. The molecule has 1 atom stereocenters. The van der Waals surface area contributed by atoms with E-state index < -0.39 is 11.5 Å². The van der Waals surface area contributed by atoms with Crippen molar-refractivity contribution in [3.8, 4) is 0 Å². The van der Waals surface area contributed by atoms with Crippen LogP contribution in [-0.2, 0) is 11.2 Å². The molecule has 0 saturated carbocycles.